The van der Waals surface area contributed by atoms with Crippen molar-refractivity contribution in [2.24, 2.45) is 23.2 Å². The Morgan fingerprint density at radius 1 is 1.05 bits per heavy atom. The zero-order valence-electron chi connectivity index (χ0n) is 22.0. The molecule has 4 fully saturated rings. The van der Waals surface area contributed by atoms with Crippen LogP contribution in [0.4, 0.5) is 14.5 Å². The van der Waals surface area contributed by atoms with E-state index < -0.39 is 11.6 Å². The van der Waals surface area contributed by atoms with Gasteiger partial charge >= 0.3 is 5.97 Å². The molecule has 7 nitrogen and oxygen atoms in total. The van der Waals surface area contributed by atoms with Gasteiger partial charge in [0.15, 0.2) is 0 Å². The van der Waals surface area contributed by atoms with Gasteiger partial charge in [-0.05, 0) is 62.0 Å². The van der Waals surface area contributed by atoms with E-state index in [0.29, 0.717) is 49.4 Å². The smallest absolute Gasteiger partial charge is 0.308 e. The fourth-order valence-electron chi connectivity index (χ4n) is 5.20. The number of rotatable bonds is 4. The molecule has 1 N–H and O–H groups in total. The molecule has 0 radical (unpaired) electrons. The number of amides is 3. The zero-order valence-corrected chi connectivity index (χ0v) is 22.0. The summed E-state index contributed by atoms with van der Waals surface area (Å²) in [5, 5.41) is 2.20. The number of piperidine rings is 1. The lowest BCUT2D eigenvalue weighted by Crippen LogP contribution is -2.44. The van der Waals surface area contributed by atoms with E-state index in [1.54, 1.807) is 0 Å². The molecule has 1 atom stereocenters. The van der Waals surface area contributed by atoms with Crippen molar-refractivity contribution in [1.29, 1.82) is 0 Å². The molecular weight excluding hydrogens is 482 g/mol. The van der Waals surface area contributed by atoms with E-state index in [9.17, 15) is 28.0 Å². The maximum Gasteiger partial charge on any atom is 0.308 e. The van der Waals surface area contributed by atoms with E-state index in [-0.39, 0.29) is 35.5 Å². The summed E-state index contributed by atoms with van der Waals surface area (Å²) >= 11 is 0. The highest BCUT2D eigenvalue weighted by molar-refractivity contribution is 5.97. The quantitative estimate of drug-likeness (QED) is 0.450. The molecule has 1 aromatic rings. The second-order valence-corrected chi connectivity index (χ2v) is 11.0. The Hall–Kier alpha value is -2.84. The number of nitrogens with zero attached hydrogens (tertiary/aromatic N) is 1. The van der Waals surface area contributed by atoms with Gasteiger partial charge in [0.2, 0.25) is 17.7 Å². The SMILES string of the molecule is CC(C)C(=O)OCC1CC2(CCC2)C1.CC1CCN(c2cc(F)cc(F)c2)C1=O.O=C1CCCC(=O)N1. The first-order valence-corrected chi connectivity index (χ1v) is 13.2. The van der Waals surface area contributed by atoms with Gasteiger partial charge in [-0.3, -0.25) is 24.5 Å². The van der Waals surface area contributed by atoms with Crippen LogP contribution in [-0.4, -0.2) is 36.8 Å². The molecule has 3 amide bonds. The van der Waals surface area contributed by atoms with Gasteiger partial charge in [0.05, 0.1) is 12.5 Å². The maximum atomic E-state index is 12.9. The lowest BCUT2D eigenvalue weighted by atomic mass is 9.52. The van der Waals surface area contributed by atoms with Crippen LogP contribution in [0, 0.1) is 34.8 Å². The number of nitrogens with one attached hydrogen (secondary N) is 1. The molecule has 4 aliphatic rings. The highest BCUT2D eigenvalue weighted by atomic mass is 19.1. The third kappa shape index (κ3) is 8.07. The Morgan fingerprint density at radius 2 is 1.65 bits per heavy atom. The molecule has 1 spiro atoms. The molecule has 1 unspecified atom stereocenters. The molecule has 9 heteroatoms. The molecule has 37 heavy (non-hydrogen) atoms. The summed E-state index contributed by atoms with van der Waals surface area (Å²) in [5.74, 6) is -1.07. The van der Waals surface area contributed by atoms with Crippen LogP contribution in [0.5, 0.6) is 0 Å². The van der Waals surface area contributed by atoms with E-state index in [1.807, 2.05) is 20.8 Å². The summed E-state index contributed by atoms with van der Waals surface area (Å²) in [6, 6.07) is 3.16. The molecule has 2 heterocycles. The molecule has 0 aromatic heterocycles. The molecule has 204 valence electrons. The van der Waals surface area contributed by atoms with Gasteiger partial charge in [-0.25, -0.2) is 8.78 Å². The van der Waals surface area contributed by atoms with Crippen molar-refractivity contribution in [2.45, 2.75) is 78.6 Å². The Bertz CT molecular complexity index is 966. The minimum Gasteiger partial charge on any atom is -0.465 e. The summed E-state index contributed by atoms with van der Waals surface area (Å²) in [4.78, 5) is 44.9. The van der Waals surface area contributed by atoms with Gasteiger partial charge in [-0.2, -0.15) is 0 Å². The summed E-state index contributed by atoms with van der Waals surface area (Å²) in [6.07, 6.45) is 9.32. The first-order chi connectivity index (χ1) is 17.5. The van der Waals surface area contributed by atoms with Crippen LogP contribution in [0.2, 0.25) is 0 Å². The highest BCUT2D eigenvalue weighted by Crippen LogP contribution is 2.58. The van der Waals surface area contributed by atoms with Crippen LogP contribution in [0.15, 0.2) is 18.2 Å². The van der Waals surface area contributed by atoms with Crippen molar-refractivity contribution < 1.29 is 32.7 Å². The molecule has 5 rings (SSSR count). The molecule has 2 aliphatic heterocycles. The fraction of sp³-hybridized carbons (Fsp3) is 0.643. The van der Waals surface area contributed by atoms with Crippen LogP contribution in [-0.2, 0) is 23.9 Å². The number of hydrogen-bond donors (Lipinski definition) is 1. The van der Waals surface area contributed by atoms with Crippen molar-refractivity contribution in [1.82, 2.24) is 5.32 Å². The van der Waals surface area contributed by atoms with Crippen LogP contribution >= 0.6 is 0 Å². The summed E-state index contributed by atoms with van der Waals surface area (Å²) in [5.41, 5.74) is 1.01. The van der Waals surface area contributed by atoms with E-state index in [0.717, 1.165) is 12.5 Å². The number of hydrogen-bond acceptors (Lipinski definition) is 5. The van der Waals surface area contributed by atoms with Crippen LogP contribution in [0.1, 0.15) is 78.6 Å². The molecule has 2 saturated heterocycles. The Kier molecular flexibility index (Phi) is 9.79. The third-order valence-electron chi connectivity index (χ3n) is 7.51. The van der Waals surface area contributed by atoms with Crippen molar-refractivity contribution >= 4 is 29.4 Å². The maximum absolute atomic E-state index is 12.9. The number of halogens is 2. The molecular formula is C28H38F2N2O5. The molecule has 2 saturated carbocycles. The van der Waals surface area contributed by atoms with Crippen molar-refractivity contribution in [3.63, 3.8) is 0 Å². The Labute approximate surface area is 217 Å². The number of carbonyl (C=O) groups is 4. The van der Waals surface area contributed by atoms with Crippen molar-refractivity contribution in [3.8, 4) is 0 Å². The van der Waals surface area contributed by atoms with Crippen LogP contribution < -0.4 is 10.2 Å². The number of carbonyl (C=O) groups excluding carboxylic acids is 4. The number of ether oxygens (including phenoxy) is 1. The summed E-state index contributed by atoms with van der Waals surface area (Å²) in [6.45, 7) is 6.78. The predicted molar refractivity (Wildman–Crippen MR) is 134 cm³/mol. The number of esters is 1. The van der Waals surface area contributed by atoms with Crippen molar-refractivity contribution in [3.05, 3.63) is 29.8 Å². The number of imide groups is 1. The van der Waals surface area contributed by atoms with E-state index >= 15 is 0 Å². The molecule has 2 aliphatic carbocycles. The average molecular weight is 521 g/mol. The largest absolute Gasteiger partial charge is 0.465 e. The zero-order chi connectivity index (χ0) is 27.2. The standard InChI is InChI=1S/C12H20O2.C11H11F2NO.C5H7NO2/c1-9(2)11(13)14-8-10-6-12(7-10)4-3-5-12;1-7-2-3-14(11(7)15)10-5-8(12)4-9(13)6-10;7-4-2-1-3-5(8)6-4/h9-10H,3-8H2,1-2H3;4-7H,2-3H2,1H3;1-3H2,(H,6,7,8). The highest BCUT2D eigenvalue weighted by Gasteiger charge is 2.48. The lowest BCUT2D eigenvalue weighted by molar-refractivity contribution is -0.153. The minimum absolute atomic E-state index is 0.0211. The Morgan fingerprint density at radius 3 is 2.05 bits per heavy atom. The van der Waals surface area contributed by atoms with E-state index in [4.69, 9.17) is 4.74 Å². The van der Waals surface area contributed by atoms with Gasteiger partial charge in [0.1, 0.15) is 11.6 Å². The van der Waals surface area contributed by atoms with E-state index in [2.05, 4.69) is 5.32 Å². The predicted octanol–water partition coefficient (Wildman–Crippen LogP) is 4.92. The van der Waals surface area contributed by atoms with Crippen LogP contribution in [0.3, 0.4) is 0 Å². The second kappa shape index (κ2) is 12.6. The number of anilines is 1. The van der Waals surface area contributed by atoms with Crippen molar-refractivity contribution in [2.75, 3.05) is 18.1 Å². The molecule has 1 aromatic carbocycles. The van der Waals surface area contributed by atoms with Crippen LogP contribution in [0.25, 0.3) is 0 Å². The van der Waals surface area contributed by atoms with Gasteiger partial charge in [-0.1, -0.05) is 27.2 Å². The van der Waals surface area contributed by atoms with Gasteiger partial charge in [0.25, 0.3) is 0 Å². The summed E-state index contributed by atoms with van der Waals surface area (Å²) in [7, 11) is 0. The van der Waals surface area contributed by atoms with Gasteiger partial charge in [0, 0.05) is 37.1 Å². The number of benzene rings is 1. The monoisotopic (exact) mass is 520 g/mol. The van der Waals surface area contributed by atoms with Gasteiger partial charge in [-0.15, -0.1) is 0 Å². The van der Waals surface area contributed by atoms with E-state index in [1.165, 1.54) is 49.1 Å². The topological polar surface area (TPSA) is 92.8 Å². The summed E-state index contributed by atoms with van der Waals surface area (Å²) < 4.78 is 31.1. The molecule has 0 bridgehead atoms. The lowest BCUT2D eigenvalue weighted by Gasteiger charge is -2.54. The third-order valence-corrected chi connectivity index (χ3v) is 7.51. The second-order valence-electron chi connectivity index (χ2n) is 11.0. The normalized spacial score (nSPS) is 22.3. The fourth-order valence-corrected chi connectivity index (χ4v) is 5.20. The minimum atomic E-state index is -0.655. The first kappa shape index (κ1) is 28.7. The first-order valence-electron chi connectivity index (χ1n) is 13.2. The van der Waals surface area contributed by atoms with Gasteiger partial charge < -0.3 is 9.64 Å². The average Bonchev–Trinajstić information content (AvgIpc) is 3.10. The Balaban J connectivity index is 0.000000161.